The molecular formula is C23H32N2O2. The van der Waals surface area contributed by atoms with Crippen molar-refractivity contribution in [2.24, 2.45) is 0 Å². The van der Waals surface area contributed by atoms with E-state index in [1.165, 1.54) is 30.5 Å². The van der Waals surface area contributed by atoms with Crippen LogP contribution in [0.4, 0.5) is 5.69 Å². The van der Waals surface area contributed by atoms with Crippen LogP contribution in [-0.2, 0) is 6.54 Å². The summed E-state index contributed by atoms with van der Waals surface area (Å²) < 4.78 is 11.3. The van der Waals surface area contributed by atoms with Crippen LogP contribution in [0.25, 0.3) is 0 Å². The van der Waals surface area contributed by atoms with Gasteiger partial charge in [-0.2, -0.15) is 0 Å². The minimum Gasteiger partial charge on any atom is -0.497 e. The molecule has 0 saturated heterocycles. The Morgan fingerprint density at radius 2 is 1.81 bits per heavy atom. The molecule has 0 aliphatic heterocycles. The Hall–Kier alpha value is -2.20. The van der Waals surface area contributed by atoms with Crippen molar-refractivity contribution in [3.05, 3.63) is 54.1 Å². The van der Waals surface area contributed by atoms with Gasteiger partial charge in [-0.15, -0.1) is 0 Å². The van der Waals surface area contributed by atoms with Crippen molar-refractivity contribution in [1.82, 2.24) is 4.90 Å². The summed E-state index contributed by atoms with van der Waals surface area (Å²) in [6.07, 6.45) is 4.06. The number of methoxy groups -OCH3 is 1. The van der Waals surface area contributed by atoms with E-state index in [1.54, 1.807) is 7.11 Å². The largest absolute Gasteiger partial charge is 0.497 e. The Morgan fingerprint density at radius 3 is 2.44 bits per heavy atom. The van der Waals surface area contributed by atoms with Crippen molar-refractivity contribution in [3.8, 4) is 11.5 Å². The van der Waals surface area contributed by atoms with E-state index in [-0.39, 0.29) is 0 Å². The van der Waals surface area contributed by atoms with Gasteiger partial charge in [0.05, 0.1) is 7.11 Å². The quantitative estimate of drug-likeness (QED) is 0.613. The van der Waals surface area contributed by atoms with Crippen molar-refractivity contribution < 1.29 is 9.47 Å². The van der Waals surface area contributed by atoms with Gasteiger partial charge in [0.1, 0.15) is 18.1 Å². The predicted molar refractivity (Wildman–Crippen MR) is 112 cm³/mol. The van der Waals surface area contributed by atoms with Crippen molar-refractivity contribution in [2.75, 3.05) is 38.8 Å². The van der Waals surface area contributed by atoms with Crippen LogP contribution >= 0.6 is 0 Å². The van der Waals surface area contributed by atoms with Crippen LogP contribution in [0.15, 0.2) is 48.5 Å². The first-order chi connectivity index (χ1) is 13.2. The molecule has 4 heteroatoms. The number of anilines is 1. The summed E-state index contributed by atoms with van der Waals surface area (Å²) in [6.45, 7) is 5.73. The Morgan fingerprint density at radius 1 is 1.04 bits per heavy atom. The van der Waals surface area contributed by atoms with Gasteiger partial charge >= 0.3 is 0 Å². The van der Waals surface area contributed by atoms with Gasteiger partial charge in [0.25, 0.3) is 0 Å². The smallest absolute Gasteiger partial charge is 0.120 e. The Labute approximate surface area is 163 Å². The molecule has 3 rings (SSSR count). The summed E-state index contributed by atoms with van der Waals surface area (Å²) in [6, 6.07) is 17.5. The van der Waals surface area contributed by atoms with Gasteiger partial charge in [-0.3, -0.25) is 0 Å². The van der Waals surface area contributed by atoms with E-state index in [9.17, 15) is 0 Å². The van der Waals surface area contributed by atoms with Gasteiger partial charge in [-0.05, 0) is 56.6 Å². The van der Waals surface area contributed by atoms with E-state index >= 15 is 0 Å². The standard InChI is InChI=1S/C23H32N2O2/c1-4-25(21-9-6-10-23(17-21)26-3)18-19-11-13-22(14-12-19)27-16-15-24(2)20-7-5-8-20/h6,9-14,17,20H,4-5,7-8,15-16,18H2,1-3H3. The summed E-state index contributed by atoms with van der Waals surface area (Å²) in [7, 11) is 3.91. The highest BCUT2D eigenvalue weighted by Gasteiger charge is 2.21. The third kappa shape index (κ3) is 5.39. The highest BCUT2D eigenvalue weighted by atomic mass is 16.5. The minimum absolute atomic E-state index is 0.747. The van der Waals surface area contributed by atoms with Gasteiger partial charge in [0.15, 0.2) is 0 Å². The third-order valence-corrected chi connectivity index (χ3v) is 5.51. The van der Waals surface area contributed by atoms with E-state index in [4.69, 9.17) is 9.47 Å². The van der Waals surface area contributed by atoms with Crippen LogP contribution in [0.1, 0.15) is 31.7 Å². The van der Waals surface area contributed by atoms with Crippen LogP contribution in [0.5, 0.6) is 11.5 Å². The van der Waals surface area contributed by atoms with Gasteiger partial charge in [-0.25, -0.2) is 0 Å². The molecule has 0 heterocycles. The Kier molecular flexibility index (Phi) is 6.99. The lowest BCUT2D eigenvalue weighted by molar-refractivity contribution is 0.135. The van der Waals surface area contributed by atoms with Crippen LogP contribution in [0, 0.1) is 0 Å². The zero-order valence-electron chi connectivity index (χ0n) is 16.9. The molecule has 1 aliphatic rings. The zero-order chi connectivity index (χ0) is 19.1. The molecule has 27 heavy (non-hydrogen) atoms. The second-order valence-electron chi connectivity index (χ2n) is 7.27. The van der Waals surface area contributed by atoms with Gasteiger partial charge in [0.2, 0.25) is 0 Å². The van der Waals surface area contributed by atoms with Crippen molar-refractivity contribution >= 4 is 5.69 Å². The molecule has 0 bridgehead atoms. The number of rotatable bonds is 10. The first-order valence-electron chi connectivity index (χ1n) is 10.0. The van der Waals surface area contributed by atoms with E-state index in [0.717, 1.165) is 43.8 Å². The number of benzene rings is 2. The van der Waals surface area contributed by atoms with Crippen LogP contribution in [0.3, 0.4) is 0 Å². The van der Waals surface area contributed by atoms with Crippen molar-refractivity contribution in [2.45, 2.75) is 38.8 Å². The summed E-state index contributed by atoms with van der Waals surface area (Å²) >= 11 is 0. The zero-order valence-corrected chi connectivity index (χ0v) is 16.9. The summed E-state index contributed by atoms with van der Waals surface area (Å²) in [5, 5.41) is 0. The lowest BCUT2D eigenvalue weighted by Crippen LogP contribution is -2.39. The third-order valence-electron chi connectivity index (χ3n) is 5.51. The minimum atomic E-state index is 0.747. The lowest BCUT2D eigenvalue weighted by Gasteiger charge is -2.34. The van der Waals surface area contributed by atoms with Gasteiger partial charge in [-0.1, -0.05) is 24.6 Å². The number of hydrogen-bond acceptors (Lipinski definition) is 4. The fraction of sp³-hybridized carbons (Fsp3) is 0.478. The molecule has 0 N–H and O–H groups in total. The van der Waals surface area contributed by atoms with E-state index in [2.05, 4.69) is 60.2 Å². The van der Waals surface area contributed by atoms with E-state index in [0.29, 0.717) is 0 Å². The predicted octanol–water partition coefficient (Wildman–Crippen LogP) is 4.58. The lowest BCUT2D eigenvalue weighted by atomic mass is 9.92. The summed E-state index contributed by atoms with van der Waals surface area (Å²) in [5.41, 5.74) is 2.45. The van der Waals surface area contributed by atoms with Gasteiger partial charge in [0, 0.05) is 37.4 Å². The molecule has 1 saturated carbocycles. The molecule has 0 amide bonds. The number of hydrogen-bond donors (Lipinski definition) is 0. The molecule has 2 aromatic carbocycles. The van der Waals surface area contributed by atoms with Crippen molar-refractivity contribution in [1.29, 1.82) is 0 Å². The first kappa shape index (κ1) is 19.6. The van der Waals surface area contributed by atoms with Gasteiger partial charge < -0.3 is 19.3 Å². The monoisotopic (exact) mass is 368 g/mol. The van der Waals surface area contributed by atoms with E-state index in [1.807, 2.05) is 12.1 Å². The average molecular weight is 369 g/mol. The summed E-state index contributed by atoms with van der Waals surface area (Å²) in [4.78, 5) is 4.76. The molecule has 0 unspecified atom stereocenters. The molecular weight excluding hydrogens is 336 g/mol. The molecule has 146 valence electrons. The number of ether oxygens (including phenoxy) is 2. The molecule has 0 aromatic heterocycles. The Bertz CT molecular complexity index is 698. The maximum atomic E-state index is 5.92. The molecule has 0 radical (unpaired) electrons. The maximum absolute atomic E-state index is 5.92. The maximum Gasteiger partial charge on any atom is 0.120 e. The molecule has 1 aliphatic carbocycles. The second kappa shape index (κ2) is 9.65. The van der Waals surface area contributed by atoms with E-state index < -0.39 is 0 Å². The van der Waals surface area contributed by atoms with Crippen LogP contribution < -0.4 is 14.4 Å². The van der Waals surface area contributed by atoms with Crippen molar-refractivity contribution in [3.63, 3.8) is 0 Å². The molecule has 0 atom stereocenters. The number of likely N-dealkylation sites (N-methyl/N-ethyl adjacent to an activating group) is 1. The van der Waals surface area contributed by atoms with Crippen LogP contribution in [0.2, 0.25) is 0 Å². The fourth-order valence-electron chi connectivity index (χ4n) is 3.42. The molecule has 2 aromatic rings. The second-order valence-corrected chi connectivity index (χ2v) is 7.27. The molecule has 0 spiro atoms. The SMILES string of the molecule is CCN(Cc1ccc(OCCN(C)C2CCC2)cc1)c1cccc(OC)c1. The fourth-order valence-corrected chi connectivity index (χ4v) is 3.42. The highest BCUT2D eigenvalue weighted by Crippen LogP contribution is 2.24. The summed E-state index contributed by atoms with van der Waals surface area (Å²) in [5.74, 6) is 1.84. The highest BCUT2D eigenvalue weighted by molar-refractivity contribution is 5.51. The first-order valence-corrected chi connectivity index (χ1v) is 10.0. The van der Waals surface area contributed by atoms with Crippen LogP contribution in [-0.4, -0.2) is 44.8 Å². The molecule has 1 fully saturated rings. The number of nitrogens with zero attached hydrogens (tertiary/aromatic N) is 2. The average Bonchev–Trinajstić information content (AvgIpc) is 2.66. The Balaban J connectivity index is 1.51. The normalized spacial score (nSPS) is 14.1. The topological polar surface area (TPSA) is 24.9 Å². The molecule has 4 nitrogen and oxygen atoms in total.